The van der Waals surface area contributed by atoms with Gasteiger partial charge in [0.25, 0.3) is 10.0 Å². The van der Waals surface area contributed by atoms with E-state index in [1.54, 1.807) is 45.9 Å². The number of benzene rings is 6. The average Bonchev–Trinajstić information content (AvgIpc) is 1.77. The molecule has 4 atom stereocenters. The SMILES string of the molecule is CN(C1CCCN(c2ncnc3cc(N4CCOCC4)ccc23)C1)S(=O)(=O)c1nccs1.Cc1nc(-c2ccccc2)sc1S(=O)(=O)CC1CCCN(c2nc(Cl)nc3cc(N4CCOCC4)ccc23)C1.Cc1nc(-c2ccccc2)sc1S(=O)(=O)CC1CCCN(c2ncnc3cc(N4CCOCC4)ccc23)C1.Cc1nc(C)c(S(=O)(=O)CC2CCCN(c3nc(Cl)nc4cc(N5CCOCC5)ccc34)C2)s1. The van der Waals surface area contributed by atoms with Crippen LogP contribution in [0.2, 0.25) is 10.6 Å². The molecule has 8 aliphatic rings. The Balaban J connectivity index is 0.000000121. The van der Waals surface area contributed by atoms with Crippen LogP contribution in [0, 0.1) is 45.4 Å². The number of fused-ring (bicyclic) bond motifs is 4. The van der Waals surface area contributed by atoms with Crippen LogP contribution in [0.15, 0.2) is 175 Å². The normalized spacial score (nSPS) is 19.2. The number of morpholine rings is 4. The van der Waals surface area contributed by atoms with Gasteiger partial charge in [-0.1, -0.05) is 60.7 Å². The summed E-state index contributed by atoms with van der Waals surface area (Å²) in [5.74, 6) is 3.59. The molecule has 0 radical (unpaired) electrons. The maximum atomic E-state index is 13.6. The lowest BCUT2D eigenvalue weighted by Crippen LogP contribution is -2.48. The molecule has 6 aromatic carbocycles. The van der Waals surface area contributed by atoms with E-state index in [9.17, 15) is 33.7 Å². The van der Waals surface area contributed by atoms with Crippen molar-refractivity contribution in [2.45, 2.75) is 102 Å². The molecule has 8 fully saturated rings. The summed E-state index contributed by atoms with van der Waals surface area (Å²) >= 11 is 17.7. The first-order valence-electron chi connectivity index (χ1n) is 48.5. The Morgan fingerprint density at radius 2 is 0.706 bits per heavy atom. The second-order valence-corrected chi connectivity index (χ2v) is 50.8. The number of halogens is 2. The highest BCUT2D eigenvalue weighted by Gasteiger charge is 2.38. The van der Waals surface area contributed by atoms with Gasteiger partial charge in [0.05, 0.1) is 114 Å². The van der Waals surface area contributed by atoms with Crippen LogP contribution in [0.5, 0.6) is 0 Å². The number of ether oxygens (including phenoxy) is 4. The van der Waals surface area contributed by atoms with Crippen molar-refractivity contribution in [1.82, 2.24) is 64.1 Å². The molecule has 14 aromatic rings. The van der Waals surface area contributed by atoms with E-state index in [-0.39, 0.29) is 56.0 Å². The minimum absolute atomic E-state index is 0.0111. The van der Waals surface area contributed by atoms with E-state index in [1.807, 2.05) is 67.6 Å². The van der Waals surface area contributed by atoms with Gasteiger partial charge in [0.1, 0.15) is 58.6 Å². The third-order valence-electron chi connectivity index (χ3n) is 27.3. The highest BCUT2D eigenvalue weighted by molar-refractivity contribution is 7.94. The number of aryl methyl sites for hydroxylation is 4. The van der Waals surface area contributed by atoms with E-state index < -0.39 is 39.5 Å². The third-order valence-corrected chi connectivity index (χ3v) is 41.9. The van der Waals surface area contributed by atoms with Crippen molar-refractivity contribution in [1.29, 1.82) is 0 Å². The Bertz CT molecular complexity index is 7330. The van der Waals surface area contributed by atoms with Gasteiger partial charge in [-0.25, -0.2) is 83.5 Å². The molecule has 43 heteroatoms. The number of thiazole rings is 4. The van der Waals surface area contributed by atoms with Gasteiger partial charge < -0.3 is 58.1 Å². The molecular formula is C100H115Cl2N21O12S8. The Kier molecular flexibility index (Phi) is 31.9. The minimum Gasteiger partial charge on any atom is -0.378 e. The monoisotopic (exact) mass is 2130 g/mol. The topological polar surface area (TPSA) is 357 Å². The van der Waals surface area contributed by atoms with Gasteiger partial charge in [0.15, 0.2) is 29.5 Å². The smallest absolute Gasteiger partial charge is 0.270 e. The van der Waals surface area contributed by atoms with Crippen LogP contribution in [0.4, 0.5) is 46.0 Å². The van der Waals surface area contributed by atoms with Gasteiger partial charge in [0.2, 0.25) is 14.9 Å². The van der Waals surface area contributed by atoms with Crippen molar-refractivity contribution >= 4 is 198 Å². The molecule has 22 rings (SSSR count). The summed E-state index contributed by atoms with van der Waals surface area (Å²) in [4.78, 5) is 71.8. The van der Waals surface area contributed by atoms with Crippen molar-refractivity contribution in [2.75, 3.05) is 221 Å². The van der Waals surface area contributed by atoms with E-state index >= 15 is 0 Å². The lowest BCUT2D eigenvalue weighted by atomic mass is 9.99. The van der Waals surface area contributed by atoms with Gasteiger partial charge in [-0.3, -0.25) is 0 Å². The molecule has 8 aliphatic heterocycles. The predicted molar refractivity (Wildman–Crippen MR) is 570 cm³/mol. The molecule has 8 saturated heterocycles. The van der Waals surface area contributed by atoms with E-state index in [4.69, 9.17) is 42.1 Å². The van der Waals surface area contributed by atoms with Crippen LogP contribution in [-0.4, -0.2) is 286 Å². The maximum absolute atomic E-state index is 13.6. The molecule has 8 aromatic heterocycles. The average molecular weight is 2130 g/mol. The zero-order valence-electron chi connectivity index (χ0n) is 80.4. The number of hydrogen-bond donors (Lipinski definition) is 0. The number of likely N-dealkylation sites (N-methyl/N-ethyl adjacent to an activating group) is 1. The van der Waals surface area contributed by atoms with Gasteiger partial charge in [0, 0.05) is 185 Å². The molecule has 4 unspecified atom stereocenters. The van der Waals surface area contributed by atoms with Crippen molar-refractivity contribution in [3.63, 3.8) is 0 Å². The second-order valence-electron chi connectivity index (χ2n) is 37.1. The van der Waals surface area contributed by atoms with E-state index in [2.05, 4.69) is 172 Å². The van der Waals surface area contributed by atoms with Crippen LogP contribution in [-0.2, 0) is 58.5 Å². The van der Waals surface area contributed by atoms with Crippen LogP contribution >= 0.6 is 68.5 Å². The molecule has 0 amide bonds. The van der Waals surface area contributed by atoms with E-state index in [0.717, 1.165) is 283 Å². The Morgan fingerprint density at radius 3 is 1.07 bits per heavy atom. The first-order chi connectivity index (χ1) is 69.2. The lowest BCUT2D eigenvalue weighted by molar-refractivity contribution is 0.122. The zero-order chi connectivity index (χ0) is 99.1. The fraction of sp³-hybridized carbons (Fsp3) is 0.440. The number of sulfonamides is 1. The summed E-state index contributed by atoms with van der Waals surface area (Å²) in [5.41, 5.74) is 11.5. The number of anilines is 8. The van der Waals surface area contributed by atoms with Gasteiger partial charge in [-0.05, 0) is 193 Å². The molecule has 0 aliphatic carbocycles. The molecular weight excluding hydrogens is 2010 g/mol. The number of rotatable bonds is 22. The molecule has 0 N–H and O–H groups in total. The molecule has 0 saturated carbocycles. The summed E-state index contributed by atoms with van der Waals surface area (Å²) in [5, 5.41) is 8.17. The summed E-state index contributed by atoms with van der Waals surface area (Å²) in [6, 6.07) is 44.4. The quantitative estimate of drug-likeness (QED) is 0.0569. The number of sulfone groups is 3. The number of aromatic nitrogens is 12. The maximum Gasteiger partial charge on any atom is 0.270 e. The molecule has 0 bridgehead atoms. The Hall–Kier alpha value is -10.2. The predicted octanol–water partition coefficient (Wildman–Crippen LogP) is 15.9. The fourth-order valence-corrected chi connectivity index (χ4v) is 32.8. The van der Waals surface area contributed by atoms with Gasteiger partial charge in [-0.2, -0.15) is 14.3 Å². The second kappa shape index (κ2) is 45.0. The van der Waals surface area contributed by atoms with Crippen LogP contribution < -0.4 is 39.2 Å². The number of piperidine rings is 4. The standard InChI is InChI=1S/C28H30ClN5O3S2.C28H31N5O3S2.C23H28ClN5O3S2.C21H26N6O3S2/c1-19-27(38-26(30-19)21-7-3-2-4-8-21)39(35,36)18-20-6-5-11-34(17-20)25-23-10-9-22(33-12-14-37-15-13-33)16-24(23)31-28(29)32-25;1-20-28(37-27(31-20)22-7-3-2-4-8-22)38(34,35)18-21-6-5-11-33(17-21)26-24-10-9-23(16-25(24)29-19-30-26)32-12-14-36-15-13-32;1-15-22(33-16(2)25-15)34(30,31)14-17-4-3-7-29(13-17)21-19-6-5-18(28-8-10-32-11-9-28)12-20(19)26-23(24)27-21;1-25(32(28,29)21-22-6-12-31-21)17-3-2-7-27(14-17)20-18-5-4-16(13-19(18)23-15-24-20)26-8-10-30-11-9-26/h2-4,7-10,16,20H,5-6,11-15,17-18H2,1H3;2-4,7-10,16,19,21H,5-6,11-15,17-18H2,1H3;5-6,12,17H,3-4,7-11,13-14H2,1-2H3;4-6,12-13,15,17H,2-3,7-11,14H2,1H3. The first-order valence-corrected chi connectivity index (χ1v) is 59.0. The fourth-order valence-electron chi connectivity index (χ4n) is 20.3. The Morgan fingerprint density at radius 1 is 0.364 bits per heavy atom. The highest BCUT2D eigenvalue weighted by atomic mass is 35.5. The lowest BCUT2D eigenvalue weighted by Gasteiger charge is -2.37. The summed E-state index contributed by atoms with van der Waals surface area (Å²) < 4.78 is 131. The minimum atomic E-state index is -3.60. The van der Waals surface area contributed by atoms with Crippen molar-refractivity contribution in [3.8, 4) is 21.1 Å². The summed E-state index contributed by atoms with van der Waals surface area (Å²) in [7, 11) is -12.3. The largest absolute Gasteiger partial charge is 0.378 e. The highest BCUT2D eigenvalue weighted by Crippen LogP contribution is 2.42. The van der Waals surface area contributed by atoms with Crippen molar-refractivity contribution < 1.29 is 52.6 Å². The summed E-state index contributed by atoms with van der Waals surface area (Å²) in [6.07, 6.45) is 11.7. The van der Waals surface area contributed by atoms with Crippen LogP contribution in [0.3, 0.4) is 0 Å². The molecule has 143 heavy (non-hydrogen) atoms. The van der Waals surface area contributed by atoms with Gasteiger partial charge in [-0.15, -0.1) is 45.3 Å². The third kappa shape index (κ3) is 23.7. The molecule has 33 nitrogen and oxygen atoms in total. The van der Waals surface area contributed by atoms with E-state index in [0.29, 0.717) is 82.3 Å². The van der Waals surface area contributed by atoms with Crippen LogP contribution in [0.1, 0.15) is 73.5 Å². The van der Waals surface area contributed by atoms with Crippen molar-refractivity contribution in [2.24, 2.45) is 17.8 Å². The van der Waals surface area contributed by atoms with Crippen molar-refractivity contribution in [3.05, 3.63) is 190 Å². The van der Waals surface area contributed by atoms with E-state index in [1.165, 1.54) is 44.5 Å². The first kappa shape index (κ1) is 101. The number of hydrogen-bond acceptors (Lipinski definition) is 36. The van der Waals surface area contributed by atoms with Gasteiger partial charge >= 0.3 is 0 Å². The summed E-state index contributed by atoms with van der Waals surface area (Å²) in [6.45, 7) is 25.6. The Labute approximate surface area is 859 Å². The zero-order valence-corrected chi connectivity index (χ0v) is 88.4. The van der Waals surface area contributed by atoms with Crippen LogP contribution in [0.25, 0.3) is 64.8 Å². The molecule has 754 valence electrons. The molecule has 0 spiro atoms. The number of nitrogens with zero attached hydrogens (tertiary/aromatic N) is 21. The molecule has 16 heterocycles.